The number of carbonyl (C=O) groups is 1. The molecule has 16 heavy (non-hydrogen) atoms. The van der Waals surface area contributed by atoms with Crippen molar-refractivity contribution in [2.45, 2.75) is 6.92 Å². The van der Waals surface area contributed by atoms with Crippen molar-refractivity contribution in [3.05, 3.63) is 23.3 Å². The number of carbonyl (C=O) groups excluding carboxylic acids is 1. The highest BCUT2D eigenvalue weighted by Crippen LogP contribution is 2.32. The molecule has 0 atom stereocenters. The van der Waals surface area contributed by atoms with Crippen LogP contribution in [0.25, 0.3) is 0 Å². The van der Waals surface area contributed by atoms with Crippen molar-refractivity contribution in [2.75, 3.05) is 13.7 Å². The van der Waals surface area contributed by atoms with Crippen LogP contribution in [0.5, 0.6) is 11.5 Å². The molecule has 0 aromatic heterocycles. The van der Waals surface area contributed by atoms with Crippen molar-refractivity contribution in [3.8, 4) is 17.6 Å². The van der Waals surface area contributed by atoms with E-state index in [1.165, 1.54) is 19.2 Å². The van der Waals surface area contributed by atoms with Gasteiger partial charge in [-0.3, -0.25) is 4.79 Å². The number of nitriles is 1. The van der Waals surface area contributed by atoms with E-state index in [4.69, 9.17) is 20.5 Å². The van der Waals surface area contributed by atoms with E-state index in [0.717, 1.165) is 0 Å². The van der Waals surface area contributed by atoms with Gasteiger partial charge in [-0.25, -0.2) is 0 Å². The van der Waals surface area contributed by atoms with Crippen LogP contribution in [0.15, 0.2) is 12.1 Å². The van der Waals surface area contributed by atoms with Gasteiger partial charge in [0.25, 0.3) is 5.91 Å². The number of hydrogen-bond donors (Lipinski definition) is 1. The summed E-state index contributed by atoms with van der Waals surface area (Å²) < 4.78 is 10.3. The third kappa shape index (κ3) is 2.23. The first kappa shape index (κ1) is 11.9. The average molecular weight is 220 g/mol. The SMILES string of the molecule is CCOc1cc(C#N)cc(C(N)=O)c1OC. The molecule has 1 aromatic carbocycles. The smallest absolute Gasteiger partial charge is 0.252 e. The van der Waals surface area contributed by atoms with Crippen LogP contribution in [0.2, 0.25) is 0 Å². The van der Waals surface area contributed by atoms with Crippen LogP contribution < -0.4 is 15.2 Å². The van der Waals surface area contributed by atoms with Gasteiger partial charge in [0.2, 0.25) is 0 Å². The third-order valence-corrected chi connectivity index (χ3v) is 1.95. The van der Waals surface area contributed by atoms with Crippen LogP contribution in [-0.4, -0.2) is 19.6 Å². The lowest BCUT2D eigenvalue weighted by atomic mass is 10.1. The molecule has 0 unspecified atom stereocenters. The highest BCUT2D eigenvalue weighted by molar-refractivity contribution is 5.97. The minimum atomic E-state index is -0.657. The van der Waals surface area contributed by atoms with E-state index in [0.29, 0.717) is 17.9 Å². The first-order valence-corrected chi connectivity index (χ1v) is 4.68. The fraction of sp³-hybridized carbons (Fsp3) is 0.273. The van der Waals surface area contributed by atoms with Crippen LogP contribution >= 0.6 is 0 Å². The van der Waals surface area contributed by atoms with E-state index in [2.05, 4.69) is 0 Å². The molecule has 0 saturated heterocycles. The number of hydrogen-bond acceptors (Lipinski definition) is 4. The van der Waals surface area contributed by atoms with Crippen LogP contribution in [0.4, 0.5) is 0 Å². The molecule has 0 aliphatic heterocycles. The second kappa shape index (κ2) is 5.03. The fourth-order valence-corrected chi connectivity index (χ4v) is 1.32. The number of amides is 1. The molecule has 1 amide bonds. The summed E-state index contributed by atoms with van der Waals surface area (Å²) in [6.45, 7) is 2.20. The maximum atomic E-state index is 11.2. The fourth-order valence-electron chi connectivity index (χ4n) is 1.32. The number of methoxy groups -OCH3 is 1. The molecule has 0 radical (unpaired) electrons. The summed E-state index contributed by atoms with van der Waals surface area (Å²) in [6, 6.07) is 4.82. The Kier molecular flexibility index (Phi) is 3.72. The molecule has 0 bridgehead atoms. The topological polar surface area (TPSA) is 85.3 Å². The molecule has 1 rings (SSSR count). The maximum absolute atomic E-state index is 11.2. The van der Waals surface area contributed by atoms with Gasteiger partial charge in [-0.1, -0.05) is 0 Å². The minimum absolute atomic E-state index is 0.144. The Bertz CT molecular complexity index is 449. The predicted molar refractivity (Wildman–Crippen MR) is 57.4 cm³/mol. The van der Waals surface area contributed by atoms with Gasteiger partial charge in [0, 0.05) is 6.07 Å². The van der Waals surface area contributed by atoms with Crippen molar-refractivity contribution >= 4 is 5.91 Å². The van der Waals surface area contributed by atoms with Crippen LogP contribution in [0.3, 0.4) is 0 Å². The van der Waals surface area contributed by atoms with Gasteiger partial charge in [0.15, 0.2) is 11.5 Å². The van der Waals surface area contributed by atoms with Crippen molar-refractivity contribution < 1.29 is 14.3 Å². The zero-order chi connectivity index (χ0) is 12.1. The molecule has 0 aliphatic carbocycles. The monoisotopic (exact) mass is 220 g/mol. The summed E-state index contributed by atoms with van der Waals surface area (Å²) in [5.74, 6) is -0.0545. The molecule has 84 valence electrons. The summed E-state index contributed by atoms with van der Waals surface area (Å²) in [4.78, 5) is 11.2. The Morgan fingerprint density at radius 1 is 1.56 bits per heavy atom. The van der Waals surface area contributed by atoms with E-state index in [1.807, 2.05) is 6.07 Å². The molecule has 0 spiro atoms. The van der Waals surface area contributed by atoms with E-state index >= 15 is 0 Å². The summed E-state index contributed by atoms with van der Waals surface area (Å²) in [5.41, 5.74) is 5.64. The normalized spacial score (nSPS) is 9.31. The Morgan fingerprint density at radius 2 is 2.25 bits per heavy atom. The van der Waals surface area contributed by atoms with Crippen LogP contribution in [0.1, 0.15) is 22.8 Å². The molecule has 5 heteroatoms. The van der Waals surface area contributed by atoms with Crippen molar-refractivity contribution in [1.82, 2.24) is 0 Å². The zero-order valence-corrected chi connectivity index (χ0v) is 9.11. The maximum Gasteiger partial charge on any atom is 0.252 e. The summed E-state index contributed by atoms with van der Waals surface area (Å²) in [7, 11) is 1.41. The lowest BCUT2D eigenvalue weighted by Crippen LogP contribution is -2.13. The molecule has 5 nitrogen and oxygen atoms in total. The third-order valence-electron chi connectivity index (χ3n) is 1.95. The first-order valence-electron chi connectivity index (χ1n) is 4.68. The summed E-state index contributed by atoms with van der Waals surface area (Å²) in [6.07, 6.45) is 0. The van der Waals surface area contributed by atoms with Crippen molar-refractivity contribution in [1.29, 1.82) is 5.26 Å². The Morgan fingerprint density at radius 3 is 2.69 bits per heavy atom. The van der Waals surface area contributed by atoms with Gasteiger partial charge < -0.3 is 15.2 Å². The minimum Gasteiger partial charge on any atom is -0.492 e. The van der Waals surface area contributed by atoms with Crippen molar-refractivity contribution in [3.63, 3.8) is 0 Å². The number of ether oxygens (including phenoxy) is 2. The van der Waals surface area contributed by atoms with E-state index in [-0.39, 0.29) is 11.3 Å². The quantitative estimate of drug-likeness (QED) is 0.822. The molecule has 2 N–H and O–H groups in total. The van der Waals surface area contributed by atoms with Gasteiger partial charge >= 0.3 is 0 Å². The molecule has 0 heterocycles. The van der Waals surface area contributed by atoms with E-state index < -0.39 is 5.91 Å². The highest BCUT2D eigenvalue weighted by atomic mass is 16.5. The Hall–Kier alpha value is -2.22. The number of rotatable bonds is 4. The molecule has 0 saturated carbocycles. The van der Waals surface area contributed by atoms with E-state index in [1.54, 1.807) is 6.92 Å². The number of primary amides is 1. The van der Waals surface area contributed by atoms with Gasteiger partial charge in [0.05, 0.1) is 30.9 Å². The van der Waals surface area contributed by atoms with Gasteiger partial charge in [-0.05, 0) is 13.0 Å². The number of benzene rings is 1. The highest BCUT2D eigenvalue weighted by Gasteiger charge is 2.16. The number of nitrogens with zero attached hydrogens (tertiary/aromatic N) is 1. The second-order valence-corrected chi connectivity index (χ2v) is 2.96. The van der Waals surface area contributed by atoms with E-state index in [9.17, 15) is 4.79 Å². The Balaban J connectivity index is 3.41. The Labute approximate surface area is 93.4 Å². The molecular weight excluding hydrogens is 208 g/mol. The lowest BCUT2D eigenvalue weighted by Gasteiger charge is -2.12. The second-order valence-electron chi connectivity index (χ2n) is 2.96. The van der Waals surface area contributed by atoms with Crippen LogP contribution in [-0.2, 0) is 0 Å². The van der Waals surface area contributed by atoms with Gasteiger partial charge in [0.1, 0.15) is 0 Å². The van der Waals surface area contributed by atoms with Gasteiger partial charge in [-0.2, -0.15) is 5.26 Å². The lowest BCUT2D eigenvalue weighted by molar-refractivity contribution is 0.0996. The molecule has 0 aliphatic rings. The average Bonchev–Trinajstić information content (AvgIpc) is 2.28. The zero-order valence-electron chi connectivity index (χ0n) is 9.11. The molecule has 1 aromatic rings. The van der Waals surface area contributed by atoms with Crippen LogP contribution in [0, 0.1) is 11.3 Å². The largest absolute Gasteiger partial charge is 0.492 e. The first-order chi connectivity index (χ1) is 7.63. The summed E-state index contributed by atoms with van der Waals surface area (Å²) in [5, 5.41) is 8.80. The standard InChI is InChI=1S/C11H12N2O3/c1-3-16-9-5-7(6-12)4-8(11(13)14)10(9)15-2/h4-5H,3H2,1-2H3,(H2,13,14). The molecular formula is C11H12N2O3. The summed E-state index contributed by atoms with van der Waals surface area (Å²) >= 11 is 0. The molecule has 0 fully saturated rings. The predicted octanol–water partition coefficient (Wildman–Crippen LogP) is 1.06. The van der Waals surface area contributed by atoms with Gasteiger partial charge in [-0.15, -0.1) is 0 Å². The number of nitrogens with two attached hydrogens (primary N) is 1. The van der Waals surface area contributed by atoms with Crippen molar-refractivity contribution in [2.24, 2.45) is 5.73 Å².